The van der Waals surface area contributed by atoms with Gasteiger partial charge in [-0.05, 0) is 47.0 Å². The van der Waals surface area contributed by atoms with E-state index in [0.29, 0.717) is 12.3 Å². The van der Waals surface area contributed by atoms with Crippen LogP contribution in [0.5, 0.6) is 0 Å². The molecule has 0 bridgehead atoms. The Morgan fingerprint density at radius 1 is 1.40 bits per heavy atom. The topological polar surface area (TPSA) is 63.3 Å². The van der Waals surface area contributed by atoms with Crippen LogP contribution < -0.4 is 5.32 Å². The van der Waals surface area contributed by atoms with Crippen LogP contribution in [-0.4, -0.2) is 33.7 Å². The van der Waals surface area contributed by atoms with Gasteiger partial charge in [0.05, 0.1) is 18.0 Å². The van der Waals surface area contributed by atoms with Gasteiger partial charge in [0.25, 0.3) is 5.91 Å². The molecule has 0 saturated carbocycles. The van der Waals surface area contributed by atoms with Crippen LogP contribution in [0.25, 0.3) is 0 Å². The summed E-state index contributed by atoms with van der Waals surface area (Å²) in [6, 6.07) is 7.90. The molecular formula is C18H20N4O2S. The van der Waals surface area contributed by atoms with E-state index in [1.54, 1.807) is 23.5 Å². The number of thiophene rings is 1. The van der Waals surface area contributed by atoms with Gasteiger partial charge in [0.15, 0.2) is 5.76 Å². The molecule has 0 unspecified atom stereocenters. The summed E-state index contributed by atoms with van der Waals surface area (Å²) in [5.74, 6) is 0.180. The summed E-state index contributed by atoms with van der Waals surface area (Å²) in [5, 5.41) is 11.7. The molecule has 0 fully saturated rings. The third-order valence-electron chi connectivity index (χ3n) is 4.45. The van der Waals surface area contributed by atoms with Gasteiger partial charge in [-0.3, -0.25) is 14.4 Å². The Labute approximate surface area is 150 Å². The van der Waals surface area contributed by atoms with E-state index < -0.39 is 0 Å². The summed E-state index contributed by atoms with van der Waals surface area (Å²) in [6.07, 6.45) is 4.20. The molecule has 0 aliphatic carbocycles. The second kappa shape index (κ2) is 7.25. The van der Waals surface area contributed by atoms with Crippen molar-refractivity contribution in [2.45, 2.75) is 25.6 Å². The number of amides is 1. The lowest BCUT2D eigenvalue weighted by Gasteiger charge is -2.33. The standard InChI is InChI=1S/C18H20N4O2S/c23-18(17-2-1-8-24-17)19-6-3-15-11-21(10-14-5-9-25-13-14)12-16-4-7-20-22(15)16/h1-2,4-5,7-9,13,15H,3,6,10-12H2,(H,19,23)/t15-/m0/s1. The Morgan fingerprint density at radius 3 is 3.16 bits per heavy atom. The highest BCUT2D eigenvalue weighted by atomic mass is 32.1. The molecule has 130 valence electrons. The van der Waals surface area contributed by atoms with E-state index in [9.17, 15) is 4.79 Å². The van der Waals surface area contributed by atoms with Crippen LogP contribution in [0.3, 0.4) is 0 Å². The molecule has 3 aromatic heterocycles. The van der Waals surface area contributed by atoms with Crippen molar-refractivity contribution in [1.29, 1.82) is 0 Å². The second-order valence-corrected chi connectivity index (χ2v) is 7.02. The summed E-state index contributed by atoms with van der Waals surface area (Å²) < 4.78 is 7.22. The molecule has 1 amide bonds. The average Bonchev–Trinajstić information content (AvgIpc) is 3.36. The van der Waals surface area contributed by atoms with E-state index in [1.807, 2.05) is 6.20 Å². The van der Waals surface area contributed by atoms with Crippen molar-refractivity contribution in [3.8, 4) is 0 Å². The van der Waals surface area contributed by atoms with Gasteiger partial charge in [0.2, 0.25) is 0 Å². The number of carbonyl (C=O) groups is 1. The molecule has 0 spiro atoms. The molecule has 3 aromatic rings. The van der Waals surface area contributed by atoms with Gasteiger partial charge in [-0.1, -0.05) is 0 Å². The number of nitrogens with one attached hydrogen (secondary N) is 1. The maximum atomic E-state index is 12.0. The highest BCUT2D eigenvalue weighted by molar-refractivity contribution is 7.07. The zero-order valence-electron chi connectivity index (χ0n) is 13.8. The normalized spacial score (nSPS) is 17.4. The van der Waals surface area contributed by atoms with Crippen molar-refractivity contribution in [3.63, 3.8) is 0 Å². The van der Waals surface area contributed by atoms with Crippen molar-refractivity contribution in [3.05, 3.63) is 64.5 Å². The van der Waals surface area contributed by atoms with E-state index in [2.05, 4.69) is 42.9 Å². The average molecular weight is 356 g/mol. The molecule has 0 aromatic carbocycles. The molecular weight excluding hydrogens is 336 g/mol. The minimum absolute atomic E-state index is 0.170. The Hall–Kier alpha value is -2.38. The molecule has 1 aliphatic rings. The van der Waals surface area contributed by atoms with Crippen molar-refractivity contribution in [2.24, 2.45) is 0 Å². The molecule has 4 heterocycles. The number of nitrogens with zero attached hydrogens (tertiary/aromatic N) is 3. The van der Waals surface area contributed by atoms with Gasteiger partial charge in [-0.15, -0.1) is 0 Å². The fourth-order valence-electron chi connectivity index (χ4n) is 3.29. The van der Waals surface area contributed by atoms with Crippen molar-refractivity contribution in [2.75, 3.05) is 13.1 Å². The zero-order valence-corrected chi connectivity index (χ0v) is 14.6. The summed E-state index contributed by atoms with van der Waals surface area (Å²) in [7, 11) is 0. The number of hydrogen-bond acceptors (Lipinski definition) is 5. The van der Waals surface area contributed by atoms with E-state index in [0.717, 1.165) is 26.1 Å². The SMILES string of the molecule is O=C(NCC[C@H]1CN(Cc2ccsc2)Cc2ccnn21)c1ccco1. The lowest BCUT2D eigenvalue weighted by atomic mass is 10.1. The fourth-order valence-corrected chi connectivity index (χ4v) is 3.95. The van der Waals surface area contributed by atoms with Gasteiger partial charge < -0.3 is 9.73 Å². The molecule has 25 heavy (non-hydrogen) atoms. The number of furan rings is 1. The summed E-state index contributed by atoms with van der Waals surface area (Å²) in [6.45, 7) is 3.38. The minimum atomic E-state index is -0.170. The second-order valence-electron chi connectivity index (χ2n) is 6.24. The fraction of sp³-hybridized carbons (Fsp3) is 0.333. The van der Waals surface area contributed by atoms with E-state index in [-0.39, 0.29) is 11.9 Å². The maximum Gasteiger partial charge on any atom is 0.286 e. The number of fused-ring (bicyclic) bond motifs is 1. The summed E-state index contributed by atoms with van der Waals surface area (Å²) >= 11 is 1.73. The monoisotopic (exact) mass is 356 g/mol. The van der Waals surface area contributed by atoms with Crippen LogP contribution in [0.4, 0.5) is 0 Å². The Kier molecular flexibility index (Phi) is 4.67. The summed E-state index contributed by atoms with van der Waals surface area (Å²) in [5.41, 5.74) is 2.58. The molecule has 6 nitrogen and oxygen atoms in total. The van der Waals surface area contributed by atoms with Gasteiger partial charge in [-0.25, -0.2) is 0 Å². The maximum absolute atomic E-state index is 12.0. The molecule has 0 saturated heterocycles. The first-order valence-corrected chi connectivity index (χ1v) is 9.31. The van der Waals surface area contributed by atoms with Crippen molar-refractivity contribution < 1.29 is 9.21 Å². The van der Waals surface area contributed by atoms with Crippen LogP contribution in [0.15, 0.2) is 51.9 Å². The first kappa shape index (κ1) is 16.1. The lowest BCUT2D eigenvalue weighted by molar-refractivity contribution is 0.0919. The predicted molar refractivity (Wildman–Crippen MR) is 95.4 cm³/mol. The highest BCUT2D eigenvalue weighted by Crippen LogP contribution is 2.24. The number of carbonyl (C=O) groups excluding carboxylic acids is 1. The molecule has 1 aliphatic heterocycles. The molecule has 0 radical (unpaired) electrons. The first-order valence-electron chi connectivity index (χ1n) is 8.37. The largest absolute Gasteiger partial charge is 0.459 e. The Balaban J connectivity index is 1.37. The number of aromatic nitrogens is 2. The Morgan fingerprint density at radius 2 is 2.36 bits per heavy atom. The minimum Gasteiger partial charge on any atom is -0.459 e. The number of rotatable bonds is 6. The lowest BCUT2D eigenvalue weighted by Crippen LogP contribution is -2.38. The van der Waals surface area contributed by atoms with Crippen molar-refractivity contribution in [1.82, 2.24) is 20.0 Å². The third kappa shape index (κ3) is 3.67. The quantitative estimate of drug-likeness (QED) is 0.738. The van der Waals surface area contributed by atoms with E-state index >= 15 is 0 Å². The third-order valence-corrected chi connectivity index (χ3v) is 5.18. The first-order chi connectivity index (χ1) is 12.3. The van der Waals surface area contributed by atoms with Crippen LogP contribution in [0, 0.1) is 0 Å². The van der Waals surface area contributed by atoms with Crippen LogP contribution in [0.2, 0.25) is 0 Å². The molecule has 1 atom stereocenters. The number of hydrogen-bond donors (Lipinski definition) is 1. The van der Waals surface area contributed by atoms with E-state index in [4.69, 9.17) is 4.42 Å². The van der Waals surface area contributed by atoms with E-state index in [1.165, 1.54) is 17.5 Å². The van der Waals surface area contributed by atoms with Crippen LogP contribution in [0.1, 0.15) is 34.3 Å². The van der Waals surface area contributed by atoms with Gasteiger partial charge in [-0.2, -0.15) is 16.4 Å². The molecule has 7 heteroatoms. The predicted octanol–water partition coefficient (Wildman–Crippen LogP) is 2.91. The highest BCUT2D eigenvalue weighted by Gasteiger charge is 2.25. The molecule has 1 N–H and O–H groups in total. The van der Waals surface area contributed by atoms with Crippen LogP contribution in [-0.2, 0) is 13.1 Å². The molecule has 4 rings (SSSR count). The zero-order chi connectivity index (χ0) is 17.1. The van der Waals surface area contributed by atoms with Gasteiger partial charge >= 0.3 is 0 Å². The van der Waals surface area contributed by atoms with Gasteiger partial charge in [0, 0.05) is 32.4 Å². The smallest absolute Gasteiger partial charge is 0.286 e. The Bertz CT molecular complexity index is 810. The summed E-state index contributed by atoms with van der Waals surface area (Å²) in [4.78, 5) is 14.4. The van der Waals surface area contributed by atoms with Gasteiger partial charge in [0.1, 0.15) is 0 Å². The van der Waals surface area contributed by atoms with Crippen molar-refractivity contribution >= 4 is 17.2 Å². The van der Waals surface area contributed by atoms with Crippen LogP contribution >= 0.6 is 11.3 Å².